The molecule has 0 atom stereocenters. The van der Waals surface area contributed by atoms with Crippen LogP contribution in [0.25, 0.3) is 0 Å². The number of hydrogen-bond acceptors (Lipinski definition) is 3. The van der Waals surface area contributed by atoms with Crippen molar-refractivity contribution in [3.8, 4) is 0 Å². The van der Waals surface area contributed by atoms with E-state index in [0.29, 0.717) is 6.54 Å². The van der Waals surface area contributed by atoms with E-state index >= 15 is 0 Å². The first-order chi connectivity index (χ1) is 9.86. The first kappa shape index (κ1) is 15.5. The number of likely N-dealkylation sites (N-methyl/N-ethyl adjacent to an activating group) is 1. The van der Waals surface area contributed by atoms with E-state index in [9.17, 15) is 9.59 Å². The van der Waals surface area contributed by atoms with Crippen molar-refractivity contribution in [2.75, 3.05) is 18.0 Å². The van der Waals surface area contributed by atoms with E-state index in [4.69, 9.17) is 5.11 Å². The molecule has 0 radical (unpaired) electrons. The molecule has 5 heteroatoms. The first-order valence-electron chi connectivity index (χ1n) is 7.30. The van der Waals surface area contributed by atoms with Gasteiger partial charge in [-0.25, -0.2) is 4.79 Å². The van der Waals surface area contributed by atoms with Gasteiger partial charge in [0.25, 0.3) is 0 Å². The van der Waals surface area contributed by atoms with Crippen molar-refractivity contribution < 1.29 is 14.7 Å². The second kappa shape index (κ2) is 5.85. The maximum absolute atomic E-state index is 12.7. The van der Waals surface area contributed by atoms with E-state index in [2.05, 4.69) is 5.32 Å². The zero-order valence-electron chi connectivity index (χ0n) is 12.8. The Hall–Kier alpha value is -1.88. The van der Waals surface area contributed by atoms with Crippen molar-refractivity contribution in [2.45, 2.75) is 39.2 Å². The number of carbonyl (C=O) groups excluding carboxylic acids is 1. The molecule has 1 heterocycles. The van der Waals surface area contributed by atoms with Gasteiger partial charge in [-0.1, -0.05) is 6.92 Å². The van der Waals surface area contributed by atoms with Crippen LogP contribution in [0, 0.1) is 0 Å². The van der Waals surface area contributed by atoms with Crippen LogP contribution in [0.5, 0.6) is 0 Å². The van der Waals surface area contributed by atoms with Gasteiger partial charge in [-0.3, -0.25) is 4.79 Å². The van der Waals surface area contributed by atoms with Gasteiger partial charge in [-0.2, -0.15) is 0 Å². The molecule has 5 nitrogen and oxygen atoms in total. The van der Waals surface area contributed by atoms with Crippen molar-refractivity contribution in [3.63, 3.8) is 0 Å². The number of nitrogens with zero attached hydrogens (tertiary/aromatic N) is 1. The van der Waals surface area contributed by atoms with E-state index in [1.807, 2.05) is 20.8 Å². The maximum Gasteiger partial charge on any atom is 0.335 e. The molecule has 0 bridgehead atoms. The highest BCUT2D eigenvalue weighted by Crippen LogP contribution is 2.30. The molecule has 0 fully saturated rings. The fourth-order valence-electron chi connectivity index (χ4n) is 2.80. The van der Waals surface area contributed by atoms with Crippen LogP contribution in [0.3, 0.4) is 0 Å². The molecule has 1 aromatic carbocycles. The molecule has 1 amide bonds. The largest absolute Gasteiger partial charge is 0.478 e. The Labute approximate surface area is 125 Å². The van der Waals surface area contributed by atoms with Gasteiger partial charge in [-0.05, 0) is 57.0 Å². The van der Waals surface area contributed by atoms with Gasteiger partial charge in [0.05, 0.1) is 11.1 Å². The smallest absolute Gasteiger partial charge is 0.335 e. The number of anilines is 1. The van der Waals surface area contributed by atoms with Crippen LogP contribution in [0.1, 0.15) is 43.1 Å². The number of carboxylic acids is 1. The van der Waals surface area contributed by atoms with Gasteiger partial charge in [0.15, 0.2) is 0 Å². The van der Waals surface area contributed by atoms with E-state index in [1.165, 1.54) is 0 Å². The standard InChI is InChI=1S/C16H22N2O3/c1-4-17-16(2,3)15(21)18-9-5-6-11-10-12(14(19)20)7-8-13(11)18/h7-8,10,17H,4-6,9H2,1-3H3,(H,19,20). The van der Waals surface area contributed by atoms with Crippen LogP contribution in [-0.4, -0.2) is 35.6 Å². The average molecular weight is 290 g/mol. The second-order valence-corrected chi connectivity index (χ2v) is 5.86. The van der Waals surface area contributed by atoms with Crippen molar-refractivity contribution in [3.05, 3.63) is 29.3 Å². The molecule has 1 aliphatic rings. The monoisotopic (exact) mass is 290 g/mol. The third-order valence-corrected chi connectivity index (χ3v) is 3.84. The van der Waals surface area contributed by atoms with Crippen LogP contribution in [0.15, 0.2) is 18.2 Å². The molecular formula is C16H22N2O3. The molecule has 1 aliphatic heterocycles. The summed E-state index contributed by atoms with van der Waals surface area (Å²) in [6.07, 6.45) is 1.66. The highest BCUT2D eigenvalue weighted by molar-refractivity contribution is 6.01. The molecule has 0 aromatic heterocycles. The fourth-order valence-corrected chi connectivity index (χ4v) is 2.80. The van der Waals surface area contributed by atoms with Gasteiger partial charge >= 0.3 is 5.97 Å². The van der Waals surface area contributed by atoms with Gasteiger partial charge in [-0.15, -0.1) is 0 Å². The number of fused-ring (bicyclic) bond motifs is 1. The number of carbonyl (C=O) groups is 2. The highest BCUT2D eigenvalue weighted by atomic mass is 16.4. The Bertz CT molecular complexity index is 567. The number of aromatic carboxylic acids is 1. The van der Waals surface area contributed by atoms with Crippen LogP contribution in [0.4, 0.5) is 5.69 Å². The molecule has 0 saturated carbocycles. The summed E-state index contributed by atoms with van der Waals surface area (Å²) in [6, 6.07) is 4.99. The third kappa shape index (κ3) is 3.08. The number of nitrogens with one attached hydrogen (secondary N) is 1. The SMILES string of the molecule is CCNC(C)(C)C(=O)N1CCCc2cc(C(=O)O)ccc21. The lowest BCUT2D eigenvalue weighted by atomic mass is 9.96. The molecular weight excluding hydrogens is 268 g/mol. The van der Waals surface area contributed by atoms with Crippen molar-refractivity contribution in [1.29, 1.82) is 0 Å². The quantitative estimate of drug-likeness (QED) is 0.890. The number of rotatable bonds is 4. The number of hydrogen-bond donors (Lipinski definition) is 2. The van der Waals surface area contributed by atoms with E-state index in [0.717, 1.165) is 30.6 Å². The molecule has 2 N–H and O–H groups in total. The zero-order valence-corrected chi connectivity index (χ0v) is 12.8. The highest BCUT2D eigenvalue weighted by Gasteiger charge is 2.34. The predicted octanol–water partition coefficient (Wildman–Crippen LogP) is 2.05. The Balaban J connectivity index is 2.34. The zero-order chi connectivity index (χ0) is 15.6. The Morgan fingerprint density at radius 2 is 2.10 bits per heavy atom. The van der Waals surface area contributed by atoms with E-state index in [-0.39, 0.29) is 11.5 Å². The summed E-state index contributed by atoms with van der Waals surface area (Å²) in [7, 11) is 0. The fraction of sp³-hybridized carbons (Fsp3) is 0.500. The number of amides is 1. The molecule has 0 saturated heterocycles. The normalized spacial score (nSPS) is 14.7. The van der Waals surface area contributed by atoms with Crippen LogP contribution in [-0.2, 0) is 11.2 Å². The molecule has 0 spiro atoms. The lowest BCUT2D eigenvalue weighted by Crippen LogP contribution is -2.55. The molecule has 2 rings (SSSR count). The Morgan fingerprint density at radius 3 is 2.71 bits per heavy atom. The molecule has 0 aliphatic carbocycles. The van der Waals surface area contributed by atoms with Crippen LogP contribution < -0.4 is 10.2 Å². The number of aryl methyl sites for hydroxylation is 1. The van der Waals surface area contributed by atoms with E-state index in [1.54, 1.807) is 23.1 Å². The number of carboxylic acid groups (broad SMARTS) is 1. The van der Waals surface area contributed by atoms with E-state index < -0.39 is 11.5 Å². The van der Waals surface area contributed by atoms with Gasteiger partial charge in [0.2, 0.25) is 5.91 Å². The van der Waals surface area contributed by atoms with Crippen molar-refractivity contribution in [2.24, 2.45) is 0 Å². The average Bonchev–Trinajstić information content (AvgIpc) is 2.45. The summed E-state index contributed by atoms with van der Waals surface area (Å²) in [5.41, 5.74) is 1.41. The van der Waals surface area contributed by atoms with Crippen LogP contribution in [0.2, 0.25) is 0 Å². The van der Waals surface area contributed by atoms with Gasteiger partial charge in [0.1, 0.15) is 0 Å². The summed E-state index contributed by atoms with van der Waals surface area (Å²) in [5.74, 6) is -0.914. The minimum atomic E-state index is -0.936. The molecule has 114 valence electrons. The molecule has 1 aromatic rings. The minimum absolute atomic E-state index is 0.0216. The third-order valence-electron chi connectivity index (χ3n) is 3.84. The Kier molecular flexibility index (Phi) is 4.32. The van der Waals surface area contributed by atoms with Gasteiger partial charge < -0.3 is 15.3 Å². The number of benzene rings is 1. The lowest BCUT2D eigenvalue weighted by Gasteiger charge is -2.36. The Morgan fingerprint density at radius 1 is 1.38 bits per heavy atom. The molecule has 21 heavy (non-hydrogen) atoms. The predicted molar refractivity (Wildman–Crippen MR) is 81.8 cm³/mol. The second-order valence-electron chi connectivity index (χ2n) is 5.86. The summed E-state index contributed by atoms with van der Waals surface area (Å²) in [5, 5.41) is 12.3. The maximum atomic E-state index is 12.7. The summed E-state index contributed by atoms with van der Waals surface area (Å²) in [6.45, 7) is 7.11. The van der Waals surface area contributed by atoms with Crippen molar-refractivity contribution >= 4 is 17.6 Å². The minimum Gasteiger partial charge on any atom is -0.478 e. The summed E-state index contributed by atoms with van der Waals surface area (Å²) in [4.78, 5) is 25.6. The van der Waals surface area contributed by atoms with Gasteiger partial charge in [0, 0.05) is 12.2 Å². The topological polar surface area (TPSA) is 69.6 Å². The molecule has 0 unspecified atom stereocenters. The summed E-state index contributed by atoms with van der Waals surface area (Å²) < 4.78 is 0. The van der Waals surface area contributed by atoms with Crippen LogP contribution >= 0.6 is 0 Å². The summed E-state index contributed by atoms with van der Waals surface area (Å²) >= 11 is 0. The van der Waals surface area contributed by atoms with Crippen molar-refractivity contribution in [1.82, 2.24) is 5.32 Å². The lowest BCUT2D eigenvalue weighted by molar-refractivity contribution is -0.123. The first-order valence-corrected chi connectivity index (χ1v) is 7.30.